The summed E-state index contributed by atoms with van der Waals surface area (Å²) in [5.74, 6) is 2.08. The summed E-state index contributed by atoms with van der Waals surface area (Å²) in [6.07, 6.45) is 2.72. The first-order chi connectivity index (χ1) is 18.9. The van der Waals surface area contributed by atoms with Crippen molar-refractivity contribution >= 4 is 11.8 Å². The Morgan fingerprint density at radius 3 is 2.15 bits per heavy atom. The van der Waals surface area contributed by atoms with Gasteiger partial charge in [0.1, 0.15) is 5.75 Å². The summed E-state index contributed by atoms with van der Waals surface area (Å²) >= 11 is 0. The molecule has 0 unspecified atom stereocenters. The molecule has 1 N–H and O–H groups in total. The summed E-state index contributed by atoms with van der Waals surface area (Å²) in [6, 6.07) is 22.8. The molecule has 0 fully saturated rings. The Morgan fingerprint density at radius 2 is 1.51 bits per heavy atom. The average Bonchev–Trinajstić information content (AvgIpc) is 2.96. The van der Waals surface area contributed by atoms with Crippen LogP contribution in [0.4, 0.5) is 0 Å². The topological polar surface area (TPSA) is 81.1 Å². The smallest absolute Gasteiger partial charge is 0.254 e. The van der Waals surface area contributed by atoms with Crippen LogP contribution in [0.1, 0.15) is 61.5 Å². The van der Waals surface area contributed by atoms with Crippen LogP contribution >= 0.6 is 0 Å². The molecule has 3 rings (SSSR count). The Morgan fingerprint density at radius 1 is 0.846 bits per heavy atom. The maximum Gasteiger partial charge on any atom is 0.254 e. The van der Waals surface area contributed by atoms with Crippen molar-refractivity contribution in [2.45, 2.75) is 52.6 Å². The number of nitrogens with zero attached hydrogens (tertiary/aromatic N) is 1. The van der Waals surface area contributed by atoms with Crippen molar-refractivity contribution in [2.75, 3.05) is 26.9 Å². The lowest BCUT2D eigenvalue weighted by molar-refractivity contribution is 0.0690. The number of amides is 1. The number of hydrogen-bond donors (Lipinski definition) is 1. The highest BCUT2D eigenvalue weighted by Crippen LogP contribution is 2.29. The van der Waals surface area contributed by atoms with Crippen LogP contribution in [0.5, 0.6) is 17.2 Å². The van der Waals surface area contributed by atoms with Gasteiger partial charge in [0.15, 0.2) is 11.5 Å². The maximum absolute atomic E-state index is 13.3. The molecule has 208 valence electrons. The van der Waals surface area contributed by atoms with E-state index < -0.39 is 0 Å². The molecule has 0 atom stereocenters. The van der Waals surface area contributed by atoms with Crippen molar-refractivity contribution in [3.63, 3.8) is 0 Å². The van der Waals surface area contributed by atoms with Crippen molar-refractivity contribution in [3.8, 4) is 17.2 Å². The second kappa shape index (κ2) is 15.4. The summed E-state index contributed by atoms with van der Waals surface area (Å²) in [6.45, 7) is 8.08. The highest BCUT2D eigenvalue weighted by atomic mass is 16.5. The molecule has 0 aromatic heterocycles. The van der Waals surface area contributed by atoms with Gasteiger partial charge >= 0.3 is 0 Å². The second-order valence-corrected chi connectivity index (χ2v) is 9.42. The van der Waals surface area contributed by atoms with Gasteiger partial charge < -0.3 is 23.8 Å². The van der Waals surface area contributed by atoms with Gasteiger partial charge in [-0.3, -0.25) is 10.2 Å². The van der Waals surface area contributed by atoms with E-state index in [2.05, 4.69) is 0 Å². The number of carbonyl (C=O) groups excluding carboxylic acids is 1. The molecular formula is C32H40N2O5. The van der Waals surface area contributed by atoms with Crippen molar-refractivity contribution in [1.29, 1.82) is 5.41 Å². The van der Waals surface area contributed by atoms with Gasteiger partial charge in [0, 0.05) is 23.7 Å². The quantitative estimate of drug-likeness (QED) is 0.133. The minimum absolute atomic E-state index is 0.0408. The Balaban J connectivity index is 1.44. The zero-order chi connectivity index (χ0) is 28.0. The first kappa shape index (κ1) is 29.6. The van der Waals surface area contributed by atoms with Crippen molar-refractivity contribution in [1.82, 2.24) is 4.90 Å². The molecule has 0 bridgehead atoms. The molecule has 1 amide bonds. The van der Waals surface area contributed by atoms with Crippen LogP contribution in [-0.4, -0.2) is 49.7 Å². The van der Waals surface area contributed by atoms with Crippen molar-refractivity contribution in [2.24, 2.45) is 0 Å². The van der Waals surface area contributed by atoms with E-state index in [4.69, 9.17) is 24.4 Å². The number of unbranched alkanes of at least 4 members (excludes halogenated alkanes) is 2. The predicted molar refractivity (Wildman–Crippen MR) is 154 cm³/mol. The fourth-order valence-electron chi connectivity index (χ4n) is 4.04. The molecule has 0 radical (unpaired) electrons. The standard InChI is InChI=1S/C32H40N2O5/c1-5-37-31(33)26-14-17-28(18-15-26)38-20-10-7-11-21-39-29-19-16-27(22-30(29)36-4)32(35)34(24(2)3)23-25-12-8-6-9-13-25/h6,8-9,12-19,22,24,33H,5,7,10-11,20-21,23H2,1-4H3. The van der Waals surface area contributed by atoms with E-state index >= 15 is 0 Å². The molecule has 0 aliphatic rings. The van der Waals surface area contributed by atoms with Gasteiger partial charge in [-0.1, -0.05) is 30.3 Å². The maximum atomic E-state index is 13.3. The molecule has 0 spiro atoms. The largest absolute Gasteiger partial charge is 0.494 e. The lowest BCUT2D eigenvalue weighted by Gasteiger charge is -2.27. The van der Waals surface area contributed by atoms with Gasteiger partial charge in [0.2, 0.25) is 5.90 Å². The summed E-state index contributed by atoms with van der Waals surface area (Å²) in [5, 5.41) is 7.82. The third-order valence-electron chi connectivity index (χ3n) is 6.21. The van der Waals surface area contributed by atoms with Crippen LogP contribution in [0.15, 0.2) is 72.8 Å². The minimum atomic E-state index is -0.0408. The van der Waals surface area contributed by atoms with Gasteiger partial charge in [-0.25, -0.2) is 0 Å². The fraction of sp³-hybridized carbons (Fsp3) is 0.375. The third-order valence-corrected chi connectivity index (χ3v) is 6.21. The zero-order valence-corrected chi connectivity index (χ0v) is 23.4. The molecule has 0 saturated carbocycles. The molecule has 3 aromatic carbocycles. The Bertz CT molecular complexity index is 1180. The van der Waals surface area contributed by atoms with Crippen LogP contribution < -0.4 is 14.2 Å². The lowest BCUT2D eigenvalue weighted by Crippen LogP contribution is -2.36. The molecule has 0 aliphatic heterocycles. The van der Waals surface area contributed by atoms with E-state index in [0.29, 0.717) is 43.4 Å². The van der Waals surface area contributed by atoms with Gasteiger partial charge in [0.05, 0.1) is 26.9 Å². The van der Waals surface area contributed by atoms with E-state index in [1.807, 2.05) is 86.3 Å². The van der Waals surface area contributed by atoms with Gasteiger partial charge in [0.25, 0.3) is 5.91 Å². The first-order valence-electron chi connectivity index (χ1n) is 13.5. The molecule has 0 saturated heterocycles. The number of rotatable bonds is 15. The fourth-order valence-corrected chi connectivity index (χ4v) is 4.04. The second-order valence-electron chi connectivity index (χ2n) is 9.42. The van der Waals surface area contributed by atoms with Crippen LogP contribution in [0.2, 0.25) is 0 Å². The van der Waals surface area contributed by atoms with Crippen LogP contribution in [0.25, 0.3) is 0 Å². The number of hydrogen-bond acceptors (Lipinski definition) is 6. The molecule has 7 nitrogen and oxygen atoms in total. The van der Waals surface area contributed by atoms with Crippen LogP contribution in [0, 0.1) is 5.41 Å². The molecule has 39 heavy (non-hydrogen) atoms. The minimum Gasteiger partial charge on any atom is -0.494 e. The monoisotopic (exact) mass is 532 g/mol. The van der Waals surface area contributed by atoms with Crippen LogP contribution in [0.3, 0.4) is 0 Å². The highest BCUT2D eigenvalue weighted by Gasteiger charge is 2.21. The van der Waals surface area contributed by atoms with Gasteiger partial charge in [-0.15, -0.1) is 0 Å². The van der Waals surface area contributed by atoms with E-state index in [1.165, 1.54) is 0 Å². The zero-order valence-electron chi connectivity index (χ0n) is 23.4. The number of benzene rings is 3. The number of methoxy groups -OCH3 is 1. The van der Waals surface area contributed by atoms with E-state index in [0.717, 1.165) is 36.1 Å². The summed E-state index contributed by atoms with van der Waals surface area (Å²) < 4.78 is 22.5. The molecule has 0 aliphatic carbocycles. The molecule has 0 heterocycles. The molecule has 3 aromatic rings. The Labute approximate surface area is 232 Å². The Hall–Kier alpha value is -4.00. The van der Waals surface area contributed by atoms with E-state index in [-0.39, 0.29) is 17.8 Å². The number of carbonyl (C=O) groups is 1. The van der Waals surface area contributed by atoms with E-state index in [1.54, 1.807) is 19.2 Å². The number of nitrogens with one attached hydrogen (secondary N) is 1. The predicted octanol–water partition coefficient (Wildman–Crippen LogP) is 6.74. The summed E-state index contributed by atoms with van der Waals surface area (Å²) in [7, 11) is 1.59. The van der Waals surface area contributed by atoms with E-state index in [9.17, 15) is 4.79 Å². The normalized spacial score (nSPS) is 10.7. The lowest BCUT2D eigenvalue weighted by atomic mass is 10.1. The molecular weight excluding hydrogens is 492 g/mol. The van der Waals surface area contributed by atoms with Gasteiger partial charge in [-0.2, -0.15) is 0 Å². The Kier molecular flexibility index (Phi) is 11.7. The highest BCUT2D eigenvalue weighted by molar-refractivity contribution is 5.95. The molecule has 7 heteroatoms. The van der Waals surface area contributed by atoms with Gasteiger partial charge in [-0.05, 0) is 88.1 Å². The third kappa shape index (κ3) is 9.06. The number of ether oxygens (including phenoxy) is 4. The summed E-state index contributed by atoms with van der Waals surface area (Å²) in [5.41, 5.74) is 2.40. The first-order valence-corrected chi connectivity index (χ1v) is 13.5. The average molecular weight is 533 g/mol. The van der Waals surface area contributed by atoms with Crippen LogP contribution in [-0.2, 0) is 11.3 Å². The van der Waals surface area contributed by atoms with Crippen molar-refractivity contribution in [3.05, 3.63) is 89.5 Å². The summed E-state index contributed by atoms with van der Waals surface area (Å²) in [4.78, 5) is 15.2. The SMILES string of the molecule is CCOC(=N)c1ccc(OCCCCCOc2ccc(C(=O)N(Cc3ccccc3)C(C)C)cc2OC)cc1. The van der Waals surface area contributed by atoms with Crippen molar-refractivity contribution < 1.29 is 23.7 Å².